The molecule has 0 aliphatic carbocycles. The highest BCUT2D eigenvalue weighted by Gasteiger charge is 1.93. The molecule has 2 aromatic rings. The average Bonchev–Trinajstić information content (AvgIpc) is 2.27. The van der Waals surface area contributed by atoms with Crippen molar-refractivity contribution in [2.24, 2.45) is 0 Å². The van der Waals surface area contributed by atoms with Crippen molar-refractivity contribution in [1.29, 1.82) is 0 Å². The molecule has 0 bridgehead atoms. The van der Waals surface area contributed by atoms with Gasteiger partial charge in [-0.05, 0) is 16.8 Å². The molecular formula is C7H5AlN2. The SMILES string of the molecule is [Al][c]1nc2ccccc2[nH]1. The number of nitrogens with one attached hydrogen (secondary N) is 1. The van der Waals surface area contributed by atoms with Crippen LogP contribution in [0.4, 0.5) is 0 Å². The van der Waals surface area contributed by atoms with Gasteiger partial charge in [0.2, 0.25) is 16.3 Å². The zero-order chi connectivity index (χ0) is 6.97. The number of imidazole rings is 1. The highest BCUT2D eigenvalue weighted by molar-refractivity contribution is 6.30. The van der Waals surface area contributed by atoms with Crippen molar-refractivity contribution >= 4 is 32.0 Å². The molecule has 0 aliphatic rings. The minimum atomic E-state index is 0.890. The summed E-state index contributed by atoms with van der Waals surface area (Å²) in [6, 6.07) is 7.97. The first-order valence-electron chi connectivity index (χ1n) is 3.06. The van der Waals surface area contributed by atoms with Gasteiger partial charge >= 0.3 is 0 Å². The molecule has 1 aromatic carbocycles. The van der Waals surface area contributed by atoms with Crippen molar-refractivity contribution in [3.63, 3.8) is 0 Å². The predicted molar refractivity (Wildman–Crippen MR) is 41.5 cm³/mol. The molecule has 0 unspecified atom stereocenters. The Morgan fingerprint density at radius 3 is 2.90 bits per heavy atom. The molecule has 2 rings (SSSR count). The zero-order valence-electron chi connectivity index (χ0n) is 5.33. The summed E-state index contributed by atoms with van der Waals surface area (Å²) in [5.41, 5.74) is 2.11. The summed E-state index contributed by atoms with van der Waals surface area (Å²) < 4.78 is 0.890. The van der Waals surface area contributed by atoms with Gasteiger partial charge in [-0.3, -0.25) is 4.98 Å². The number of aromatic amines is 1. The van der Waals surface area contributed by atoms with Crippen molar-refractivity contribution in [3.05, 3.63) is 24.3 Å². The third kappa shape index (κ3) is 0.842. The topological polar surface area (TPSA) is 28.7 Å². The summed E-state index contributed by atoms with van der Waals surface area (Å²) in [5.74, 6) is 0. The Balaban J connectivity index is 2.88. The van der Waals surface area contributed by atoms with Gasteiger partial charge in [0.1, 0.15) is 0 Å². The van der Waals surface area contributed by atoms with E-state index in [2.05, 4.69) is 26.3 Å². The molecule has 0 atom stereocenters. The summed E-state index contributed by atoms with van der Waals surface area (Å²) >= 11 is 2.54. The van der Waals surface area contributed by atoms with Gasteiger partial charge < -0.3 is 4.98 Å². The third-order valence-corrected chi connectivity index (χ3v) is 1.68. The van der Waals surface area contributed by atoms with Crippen molar-refractivity contribution in [2.75, 3.05) is 0 Å². The van der Waals surface area contributed by atoms with E-state index in [1.54, 1.807) is 0 Å². The number of fused-ring (bicyclic) bond motifs is 1. The molecule has 0 amide bonds. The standard InChI is InChI=1S/C7H5N2.Al/c1-2-4-7-6(3-1)8-5-9-7;/h1-4H,(H,8,9);. The summed E-state index contributed by atoms with van der Waals surface area (Å²) in [4.78, 5) is 7.33. The van der Waals surface area contributed by atoms with Crippen LogP contribution in [-0.4, -0.2) is 26.3 Å². The fraction of sp³-hybridized carbons (Fsp3) is 0. The van der Waals surface area contributed by atoms with Gasteiger partial charge in [-0.25, -0.2) is 0 Å². The molecule has 0 saturated carbocycles. The Hall–Kier alpha value is -0.778. The van der Waals surface area contributed by atoms with Crippen LogP contribution in [0.1, 0.15) is 0 Å². The van der Waals surface area contributed by atoms with Crippen molar-refractivity contribution in [1.82, 2.24) is 9.97 Å². The van der Waals surface area contributed by atoms with E-state index in [0.717, 1.165) is 15.7 Å². The van der Waals surface area contributed by atoms with Crippen LogP contribution in [0.5, 0.6) is 0 Å². The van der Waals surface area contributed by atoms with Gasteiger partial charge in [-0.1, -0.05) is 12.1 Å². The number of H-pyrrole nitrogens is 1. The Kier molecular flexibility index (Phi) is 1.27. The van der Waals surface area contributed by atoms with Gasteiger partial charge in [0.25, 0.3) is 0 Å². The molecule has 0 fully saturated rings. The summed E-state index contributed by atoms with van der Waals surface area (Å²) in [6.07, 6.45) is 0. The lowest BCUT2D eigenvalue weighted by Gasteiger charge is -1.81. The van der Waals surface area contributed by atoms with Crippen LogP contribution in [-0.2, 0) is 0 Å². The average molecular weight is 144 g/mol. The molecular weight excluding hydrogens is 139 g/mol. The van der Waals surface area contributed by atoms with Crippen molar-refractivity contribution < 1.29 is 0 Å². The second-order valence-corrected chi connectivity index (χ2v) is 2.69. The molecule has 1 heterocycles. The number of para-hydroxylation sites is 2. The summed E-state index contributed by atoms with van der Waals surface area (Å²) in [6.45, 7) is 0. The normalized spacial score (nSPS) is 10.4. The van der Waals surface area contributed by atoms with Gasteiger partial charge in [0, 0.05) is 0 Å². The minimum absolute atomic E-state index is 0.890. The van der Waals surface area contributed by atoms with Gasteiger partial charge in [0.05, 0.1) is 11.0 Å². The fourth-order valence-electron chi connectivity index (χ4n) is 0.973. The van der Waals surface area contributed by atoms with E-state index < -0.39 is 0 Å². The fourth-order valence-corrected chi connectivity index (χ4v) is 1.27. The number of rotatable bonds is 0. The molecule has 0 aliphatic heterocycles. The summed E-state index contributed by atoms with van der Waals surface area (Å²) in [7, 11) is 0. The maximum absolute atomic E-state index is 4.22. The van der Waals surface area contributed by atoms with E-state index in [1.807, 2.05) is 24.3 Å². The lowest BCUT2D eigenvalue weighted by Crippen LogP contribution is -2.04. The molecule has 0 saturated heterocycles. The number of hydrogen-bond acceptors (Lipinski definition) is 1. The molecule has 46 valence electrons. The molecule has 0 spiro atoms. The maximum Gasteiger partial charge on any atom is 0.240 e. The van der Waals surface area contributed by atoms with E-state index >= 15 is 0 Å². The first kappa shape index (κ1) is 5.97. The van der Waals surface area contributed by atoms with Crippen LogP contribution in [0.15, 0.2) is 24.3 Å². The van der Waals surface area contributed by atoms with E-state index in [9.17, 15) is 0 Å². The second kappa shape index (κ2) is 2.12. The molecule has 1 N–H and O–H groups in total. The van der Waals surface area contributed by atoms with Crippen molar-refractivity contribution in [2.45, 2.75) is 0 Å². The van der Waals surface area contributed by atoms with Crippen LogP contribution in [0.3, 0.4) is 0 Å². The lowest BCUT2D eigenvalue weighted by molar-refractivity contribution is 1.44. The number of hydrogen-bond donors (Lipinski definition) is 1. The van der Waals surface area contributed by atoms with Gasteiger partial charge in [-0.2, -0.15) is 0 Å². The zero-order valence-corrected chi connectivity index (χ0v) is 6.49. The van der Waals surface area contributed by atoms with Crippen LogP contribution < -0.4 is 4.69 Å². The Labute approximate surface area is 66.7 Å². The van der Waals surface area contributed by atoms with Gasteiger partial charge in [-0.15, -0.1) is 0 Å². The first-order valence-corrected chi connectivity index (χ1v) is 3.64. The predicted octanol–water partition coefficient (Wildman–Crippen LogP) is 0.357. The molecule has 1 aromatic heterocycles. The smallest absolute Gasteiger partial charge is 0.240 e. The molecule has 3 heteroatoms. The highest BCUT2D eigenvalue weighted by Crippen LogP contribution is 2.04. The molecule has 10 heavy (non-hydrogen) atoms. The van der Waals surface area contributed by atoms with E-state index in [0.29, 0.717) is 0 Å². The highest BCUT2D eigenvalue weighted by atomic mass is 27.0. The van der Waals surface area contributed by atoms with Crippen LogP contribution in [0.25, 0.3) is 11.0 Å². The quantitative estimate of drug-likeness (QED) is 0.531. The Morgan fingerprint density at radius 2 is 2.10 bits per heavy atom. The molecule has 2 nitrogen and oxygen atoms in total. The second-order valence-electron chi connectivity index (χ2n) is 2.14. The van der Waals surface area contributed by atoms with Crippen LogP contribution in [0.2, 0.25) is 0 Å². The largest absolute Gasteiger partial charge is 0.359 e. The third-order valence-electron chi connectivity index (χ3n) is 1.41. The van der Waals surface area contributed by atoms with E-state index in [1.165, 1.54) is 0 Å². The number of aromatic nitrogens is 2. The molecule has 2 radical (unpaired) electrons. The van der Waals surface area contributed by atoms with E-state index in [-0.39, 0.29) is 0 Å². The first-order chi connectivity index (χ1) is 4.86. The Bertz CT molecular complexity index is 320. The van der Waals surface area contributed by atoms with Crippen LogP contribution in [0, 0.1) is 0 Å². The monoisotopic (exact) mass is 144 g/mol. The number of benzene rings is 1. The van der Waals surface area contributed by atoms with E-state index in [4.69, 9.17) is 0 Å². The minimum Gasteiger partial charge on any atom is -0.359 e. The van der Waals surface area contributed by atoms with Crippen LogP contribution >= 0.6 is 0 Å². The maximum atomic E-state index is 4.22. The summed E-state index contributed by atoms with van der Waals surface area (Å²) in [5, 5.41) is 0. The lowest BCUT2D eigenvalue weighted by atomic mass is 10.3. The van der Waals surface area contributed by atoms with Crippen molar-refractivity contribution in [3.8, 4) is 0 Å². The Morgan fingerprint density at radius 1 is 1.30 bits per heavy atom. The number of nitrogens with zero attached hydrogens (tertiary/aromatic N) is 1. The van der Waals surface area contributed by atoms with Gasteiger partial charge in [0.15, 0.2) is 0 Å².